The molecule has 92 valence electrons. The summed E-state index contributed by atoms with van der Waals surface area (Å²) >= 11 is 11.2. The van der Waals surface area contributed by atoms with E-state index in [9.17, 15) is 9.59 Å². The van der Waals surface area contributed by atoms with E-state index in [2.05, 4.69) is 15.5 Å². The second kappa shape index (κ2) is 5.20. The Labute approximate surface area is 112 Å². The molecule has 0 saturated carbocycles. The molecule has 0 fully saturated rings. The second-order valence-electron chi connectivity index (χ2n) is 3.41. The van der Waals surface area contributed by atoms with Crippen molar-refractivity contribution in [2.45, 2.75) is 0 Å². The molecule has 1 aromatic carbocycles. The fourth-order valence-corrected chi connectivity index (χ4v) is 1.74. The highest BCUT2D eigenvalue weighted by atomic mass is 35.5. The Kier molecular flexibility index (Phi) is 3.64. The Morgan fingerprint density at radius 3 is 2.72 bits per heavy atom. The van der Waals surface area contributed by atoms with Gasteiger partial charge in [-0.1, -0.05) is 11.6 Å². The molecule has 0 radical (unpaired) electrons. The molecule has 7 heteroatoms. The van der Waals surface area contributed by atoms with Crippen LogP contribution < -0.4 is 5.32 Å². The minimum Gasteiger partial charge on any atom is -0.322 e. The van der Waals surface area contributed by atoms with Crippen molar-refractivity contribution in [1.29, 1.82) is 0 Å². The Balaban J connectivity index is 2.22. The van der Waals surface area contributed by atoms with E-state index < -0.39 is 5.24 Å². The first-order valence-electron chi connectivity index (χ1n) is 4.87. The lowest BCUT2D eigenvalue weighted by Crippen LogP contribution is -2.11. The molecule has 0 aliphatic heterocycles. The molecule has 1 aromatic heterocycles. The number of hydrogen-bond donors (Lipinski definition) is 2. The van der Waals surface area contributed by atoms with Crippen LogP contribution in [0.25, 0.3) is 0 Å². The third-order valence-electron chi connectivity index (χ3n) is 2.20. The van der Waals surface area contributed by atoms with Crippen molar-refractivity contribution in [3.63, 3.8) is 0 Å². The zero-order valence-electron chi connectivity index (χ0n) is 8.91. The van der Waals surface area contributed by atoms with Gasteiger partial charge in [-0.2, -0.15) is 5.10 Å². The van der Waals surface area contributed by atoms with E-state index in [-0.39, 0.29) is 16.5 Å². The lowest BCUT2D eigenvalue weighted by atomic mass is 10.2. The third kappa shape index (κ3) is 2.69. The van der Waals surface area contributed by atoms with Crippen molar-refractivity contribution in [3.05, 3.63) is 46.7 Å². The summed E-state index contributed by atoms with van der Waals surface area (Å²) in [7, 11) is 0. The molecular weight excluding hydrogens is 277 g/mol. The molecule has 2 N–H and O–H groups in total. The highest BCUT2D eigenvalue weighted by molar-refractivity contribution is 6.68. The van der Waals surface area contributed by atoms with Crippen LogP contribution in [0.4, 0.5) is 5.69 Å². The second-order valence-corrected chi connectivity index (χ2v) is 4.16. The third-order valence-corrected chi connectivity index (χ3v) is 2.73. The van der Waals surface area contributed by atoms with Crippen molar-refractivity contribution < 1.29 is 9.59 Å². The van der Waals surface area contributed by atoms with E-state index in [1.165, 1.54) is 24.5 Å². The van der Waals surface area contributed by atoms with Gasteiger partial charge in [-0.15, -0.1) is 0 Å². The number of anilines is 1. The van der Waals surface area contributed by atoms with Gasteiger partial charge in [0.25, 0.3) is 11.1 Å². The van der Waals surface area contributed by atoms with Gasteiger partial charge >= 0.3 is 0 Å². The average Bonchev–Trinajstić information content (AvgIpc) is 2.85. The molecule has 0 unspecified atom stereocenters. The van der Waals surface area contributed by atoms with Crippen LogP contribution in [0.15, 0.2) is 30.6 Å². The van der Waals surface area contributed by atoms with Gasteiger partial charge in [0, 0.05) is 11.9 Å². The number of aromatic amines is 1. The number of carbonyl (C=O) groups excluding carboxylic acids is 2. The van der Waals surface area contributed by atoms with Crippen molar-refractivity contribution in [2.24, 2.45) is 0 Å². The summed E-state index contributed by atoms with van der Waals surface area (Å²) < 4.78 is 0. The summed E-state index contributed by atoms with van der Waals surface area (Å²) in [6.45, 7) is 0. The standard InChI is InChI=1S/C11H7Cl2N3O2/c12-9-2-1-7(3-8(9)10(13)17)16-11(18)6-4-14-15-5-6/h1-5H,(H,14,15)(H,16,18). The smallest absolute Gasteiger partial charge is 0.258 e. The quantitative estimate of drug-likeness (QED) is 0.851. The Morgan fingerprint density at radius 2 is 2.11 bits per heavy atom. The summed E-state index contributed by atoms with van der Waals surface area (Å²) in [5.41, 5.74) is 0.946. The lowest BCUT2D eigenvalue weighted by molar-refractivity contribution is 0.102. The van der Waals surface area contributed by atoms with Crippen molar-refractivity contribution in [2.75, 3.05) is 5.32 Å². The number of carbonyl (C=O) groups is 2. The van der Waals surface area contributed by atoms with Gasteiger partial charge in [-0.3, -0.25) is 14.7 Å². The average molecular weight is 284 g/mol. The maximum atomic E-state index is 11.7. The molecule has 0 spiro atoms. The molecule has 1 heterocycles. The van der Waals surface area contributed by atoms with Crippen LogP contribution in [0.2, 0.25) is 5.02 Å². The fourth-order valence-electron chi connectivity index (χ4n) is 1.33. The van der Waals surface area contributed by atoms with Gasteiger partial charge in [-0.25, -0.2) is 0 Å². The van der Waals surface area contributed by atoms with Crippen LogP contribution in [-0.4, -0.2) is 21.3 Å². The summed E-state index contributed by atoms with van der Waals surface area (Å²) in [6, 6.07) is 4.47. The Hall–Kier alpha value is -1.85. The first kappa shape index (κ1) is 12.6. The number of halogens is 2. The van der Waals surface area contributed by atoms with E-state index in [0.29, 0.717) is 11.3 Å². The molecule has 0 aliphatic carbocycles. The van der Waals surface area contributed by atoms with Crippen molar-refractivity contribution in [1.82, 2.24) is 10.2 Å². The molecule has 0 bridgehead atoms. The van der Waals surface area contributed by atoms with Gasteiger partial charge in [-0.05, 0) is 29.8 Å². The SMILES string of the molecule is O=C(Nc1ccc(Cl)c(C(=O)Cl)c1)c1cn[nH]c1. The number of nitrogens with one attached hydrogen (secondary N) is 2. The zero-order chi connectivity index (χ0) is 13.1. The number of hydrogen-bond acceptors (Lipinski definition) is 3. The maximum Gasteiger partial charge on any atom is 0.258 e. The topological polar surface area (TPSA) is 74.8 Å². The van der Waals surface area contributed by atoms with E-state index in [0.717, 1.165) is 0 Å². The van der Waals surface area contributed by atoms with Gasteiger partial charge < -0.3 is 5.32 Å². The first-order valence-corrected chi connectivity index (χ1v) is 5.63. The number of aromatic nitrogens is 2. The van der Waals surface area contributed by atoms with Gasteiger partial charge in [0.1, 0.15) is 0 Å². The van der Waals surface area contributed by atoms with Crippen LogP contribution in [0, 0.1) is 0 Å². The largest absolute Gasteiger partial charge is 0.322 e. The maximum absolute atomic E-state index is 11.7. The van der Waals surface area contributed by atoms with Crippen LogP contribution >= 0.6 is 23.2 Å². The molecule has 1 amide bonds. The van der Waals surface area contributed by atoms with Crippen LogP contribution in [0.5, 0.6) is 0 Å². The molecule has 0 atom stereocenters. The molecule has 2 rings (SSSR count). The van der Waals surface area contributed by atoms with Crippen LogP contribution in [-0.2, 0) is 0 Å². The molecular formula is C11H7Cl2N3O2. The Morgan fingerprint density at radius 1 is 1.33 bits per heavy atom. The monoisotopic (exact) mass is 283 g/mol. The fraction of sp³-hybridized carbons (Fsp3) is 0. The van der Waals surface area contributed by atoms with Crippen LogP contribution in [0.1, 0.15) is 20.7 Å². The van der Waals surface area contributed by atoms with E-state index >= 15 is 0 Å². The van der Waals surface area contributed by atoms with Crippen molar-refractivity contribution >= 4 is 40.0 Å². The number of amides is 1. The van der Waals surface area contributed by atoms with E-state index in [1.54, 1.807) is 6.07 Å². The zero-order valence-corrected chi connectivity index (χ0v) is 10.4. The normalized spacial score (nSPS) is 10.1. The number of benzene rings is 1. The van der Waals surface area contributed by atoms with Gasteiger partial charge in [0.05, 0.1) is 22.3 Å². The number of nitrogens with zero attached hydrogens (tertiary/aromatic N) is 1. The van der Waals surface area contributed by atoms with E-state index in [4.69, 9.17) is 23.2 Å². The molecule has 2 aromatic rings. The first-order chi connectivity index (χ1) is 8.58. The minimum atomic E-state index is -0.681. The highest BCUT2D eigenvalue weighted by Gasteiger charge is 2.11. The highest BCUT2D eigenvalue weighted by Crippen LogP contribution is 2.22. The molecule has 18 heavy (non-hydrogen) atoms. The predicted octanol–water partition coefficient (Wildman–Crippen LogP) is 2.69. The molecule has 0 aliphatic rings. The summed E-state index contributed by atoms with van der Waals surface area (Å²) in [6.07, 6.45) is 2.84. The lowest BCUT2D eigenvalue weighted by Gasteiger charge is -2.05. The molecule has 0 saturated heterocycles. The predicted molar refractivity (Wildman–Crippen MR) is 68.2 cm³/mol. The molecule has 5 nitrogen and oxygen atoms in total. The van der Waals surface area contributed by atoms with Crippen molar-refractivity contribution in [3.8, 4) is 0 Å². The number of rotatable bonds is 3. The summed E-state index contributed by atoms with van der Waals surface area (Å²) in [4.78, 5) is 22.8. The van der Waals surface area contributed by atoms with Gasteiger partial charge in [0.2, 0.25) is 0 Å². The van der Waals surface area contributed by atoms with Gasteiger partial charge in [0.15, 0.2) is 0 Å². The summed E-state index contributed by atoms with van der Waals surface area (Å²) in [5, 5.41) is 8.34. The Bertz CT molecular complexity index is 596. The minimum absolute atomic E-state index is 0.142. The number of H-pyrrole nitrogens is 1. The van der Waals surface area contributed by atoms with Crippen LogP contribution in [0.3, 0.4) is 0 Å². The summed E-state index contributed by atoms with van der Waals surface area (Å²) in [5.74, 6) is -0.348. The van der Waals surface area contributed by atoms with E-state index in [1.807, 2.05) is 0 Å².